The van der Waals surface area contributed by atoms with Crippen molar-refractivity contribution in [3.63, 3.8) is 0 Å². The van der Waals surface area contributed by atoms with Crippen LogP contribution in [-0.4, -0.2) is 47.3 Å². The Morgan fingerprint density at radius 1 is 1.43 bits per heavy atom. The van der Waals surface area contributed by atoms with E-state index < -0.39 is 17.2 Å². The van der Waals surface area contributed by atoms with E-state index in [9.17, 15) is 19.1 Å². The van der Waals surface area contributed by atoms with E-state index >= 15 is 0 Å². The molecule has 0 aliphatic carbocycles. The van der Waals surface area contributed by atoms with Crippen molar-refractivity contribution < 1.29 is 19.0 Å². The number of benzene rings is 1. The van der Waals surface area contributed by atoms with Gasteiger partial charge in [0.1, 0.15) is 18.0 Å². The van der Waals surface area contributed by atoms with E-state index in [0.717, 1.165) is 12.5 Å². The van der Waals surface area contributed by atoms with E-state index in [2.05, 4.69) is 4.99 Å². The second-order valence-corrected chi connectivity index (χ2v) is 6.85. The van der Waals surface area contributed by atoms with Crippen molar-refractivity contribution in [3.8, 4) is 0 Å². The predicted molar refractivity (Wildman–Crippen MR) is 104 cm³/mol. The van der Waals surface area contributed by atoms with Crippen LogP contribution in [0, 0.1) is 5.82 Å². The molecule has 3 heterocycles. The monoisotopic (exact) mass is 385 g/mol. The molecule has 2 aliphatic heterocycles. The maximum atomic E-state index is 14.8. The number of halogens is 1. The summed E-state index contributed by atoms with van der Waals surface area (Å²) in [5.41, 5.74) is -0.120. The summed E-state index contributed by atoms with van der Waals surface area (Å²) in [6.07, 6.45) is 5.82. The van der Waals surface area contributed by atoms with Crippen LogP contribution in [0.3, 0.4) is 0 Å². The van der Waals surface area contributed by atoms with Gasteiger partial charge in [-0.3, -0.25) is 4.79 Å². The van der Waals surface area contributed by atoms with Crippen LogP contribution in [-0.2, 0) is 11.3 Å². The molecule has 7 nitrogen and oxygen atoms in total. The summed E-state index contributed by atoms with van der Waals surface area (Å²) in [6, 6.07) is 2.78. The molecule has 1 atom stereocenters. The Morgan fingerprint density at radius 2 is 2.25 bits per heavy atom. The van der Waals surface area contributed by atoms with Crippen molar-refractivity contribution in [1.29, 1.82) is 0 Å². The third-order valence-electron chi connectivity index (χ3n) is 5.12. The van der Waals surface area contributed by atoms with Crippen LogP contribution in [0.5, 0.6) is 0 Å². The highest BCUT2D eigenvalue weighted by Gasteiger charge is 2.26. The highest BCUT2D eigenvalue weighted by Crippen LogP contribution is 2.29. The van der Waals surface area contributed by atoms with Gasteiger partial charge in [-0.25, -0.2) is 14.2 Å². The van der Waals surface area contributed by atoms with Crippen molar-refractivity contribution in [1.82, 2.24) is 4.57 Å². The van der Waals surface area contributed by atoms with Crippen molar-refractivity contribution >= 4 is 28.5 Å². The number of carbonyl (C=O) groups is 1. The van der Waals surface area contributed by atoms with Gasteiger partial charge in [-0.1, -0.05) is 0 Å². The highest BCUT2D eigenvalue weighted by molar-refractivity contribution is 5.93. The molecule has 2 aliphatic rings. The first kappa shape index (κ1) is 18.2. The van der Waals surface area contributed by atoms with E-state index in [1.165, 1.54) is 6.20 Å². The molecule has 1 aromatic heterocycles. The fraction of sp³-hybridized carbons (Fsp3) is 0.350. The molecule has 1 aromatic carbocycles. The number of hydrogen-bond donors (Lipinski definition) is 1. The molecular formula is C20H20FN3O4. The lowest BCUT2D eigenvalue weighted by atomic mass is 10.1. The highest BCUT2D eigenvalue weighted by atomic mass is 19.1. The summed E-state index contributed by atoms with van der Waals surface area (Å²) in [5, 5.41) is 9.32. The lowest BCUT2D eigenvalue weighted by Crippen LogP contribution is -2.24. The number of hydrogen-bond acceptors (Lipinski definition) is 5. The third-order valence-corrected chi connectivity index (χ3v) is 5.12. The number of carboxylic acid groups (broad SMARTS) is 1. The van der Waals surface area contributed by atoms with Gasteiger partial charge in [0.25, 0.3) is 0 Å². The van der Waals surface area contributed by atoms with Crippen LogP contribution < -0.4 is 10.3 Å². The van der Waals surface area contributed by atoms with Gasteiger partial charge in [-0.2, -0.15) is 0 Å². The zero-order valence-electron chi connectivity index (χ0n) is 15.4. The topological polar surface area (TPSA) is 84.1 Å². The van der Waals surface area contributed by atoms with Crippen LogP contribution in [0.1, 0.15) is 23.7 Å². The molecule has 1 fully saturated rings. The van der Waals surface area contributed by atoms with E-state index in [1.54, 1.807) is 10.6 Å². The number of carboxylic acids is 1. The number of pyridine rings is 1. The van der Waals surface area contributed by atoms with Gasteiger partial charge in [0.2, 0.25) is 11.3 Å². The molecular weight excluding hydrogens is 365 g/mol. The number of rotatable bonds is 4. The molecule has 2 aromatic rings. The number of aryl methyl sites for hydroxylation is 1. The van der Waals surface area contributed by atoms with Crippen LogP contribution in [0.2, 0.25) is 0 Å². The Kier molecular flexibility index (Phi) is 4.62. The Morgan fingerprint density at radius 3 is 2.93 bits per heavy atom. The maximum absolute atomic E-state index is 14.8. The number of ether oxygens (including phenoxy) is 1. The predicted octanol–water partition coefficient (Wildman–Crippen LogP) is 2.42. The van der Waals surface area contributed by atoms with E-state index in [-0.39, 0.29) is 17.0 Å². The number of aliphatic imine (C=N–C) groups is 1. The summed E-state index contributed by atoms with van der Waals surface area (Å²) in [5.74, 6) is -1.25. The molecule has 1 saturated heterocycles. The van der Waals surface area contributed by atoms with Crippen LogP contribution in [0.25, 0.3) is 10.9 Å². The van der Waals surface area contributed by atoms with Crippen LogP contribution >= 0.6 is 0 Å². The second kappa shape index (κ2) is 7.10. The first-order valence-corrected chi connectivity index (χ1v) is 9.20. The van der Waals surface area contributed by atoms with Gasteiger partial charge in [0.15, 0.2) is 0 Å². The van der Waals surface area contributed by atoms with Gasteiger partial charge in [-0.15, -0.1) is 0 Å². The average molecular weight is 385 g/mol. The molecule has 0 saturated carbocycles. The average Bonchev–Trinajstić information content (AvgIpc) is 3.34. The summed E-state index contributed by atoms with van der Waals surface area (Å²) in [7, 11) is 0. The lowest BCUT2D eigenvalue weighted by molar-refractivity contribution is 0.0695. The zero-order valence-corrected chi connectivity index (χ0v) is 15.4. The van der Waals surface area contributed by atoms with E-state index in [1.807, 2.05) is 24.0 Å². The summed E-state index contributed by atoms with van der Waals surface area (Å²) < 4.78 is 21.9. The van der Waals surface area contributed by atoms with Gasteiger partial charge < -0.3 is 19.3 Å². The van der Waals surface area contributed by atoms with E-state index in [4.69, 9.17) is 4.74 Å². The van der Waals surface area contributed by atoms with Crippen molar-refractivity contribution in [3.05, 3.63) is 52.1 Å². The molecule has 0 bridgehead atoms. The summed E-state index contributed by atoms with van der Waals surface area (Å²) in [6.45, 7) is 4.02. The largest absolute Gasteiger partial charge is 0.477 e. The van der Waals surface area contributed by atoms with Crippen molar-refractivity contribution in [2.45, 2.75) is 25.9 Å². The molecule has 28 heavy (non-hydrogen) atoms. The van der Waals surface area contributed by atoms with Gasteiger partial charge >= 0.3 is 5.97 Å². The van der Waals surface area contributed by atoms with Crippen molar-refractivity contribution in [2.24, 2.45) is 4.99 Å². The Hall–Kier alpha value is -3.16. The molecule has 1 N–H and O–H groups in total. The smallest absolute Gasteiger partial charge is 0.341 e. The molecule has 0 amide bonds. The number of aromatic carboxylic acids is 1. The molecule has 4 rings (SSSR count). The SMILES string of the molecule is CCn1cc(C(=O)O)c(=O)c2cc(F)c(N3CCC(N=C4C=CCO4)C3)cc21. The second-order valence-electron chi connectivity index (χ2n) is 6.85. The lowest BCUT2D eigenvalue weighted by Gasteiger charge is -2.20. The maximum Gasteiger partial charge on any atom is 0.341 e. The van der Waals surface area contributed by atoms with Crippen LogP contribution in [0.4, 0.5) is 10.1 Å². The molecule has 146 valence electrons. The number of nitrogens with zero attached hydrogens (tertiary/aromatic N) is 3. The molecule has 0 radical (unpaired) electrons. The normalized spacial score (nSPS) is 20.3. The first-order valence-electron chi connectivity index (χ1n) is 9.20. The Bertz CT molecular complexity index is 1070. The minimum absolute atomic E-state index is 0.00982. The quantitative estimate of drug-likeness (QED) is 0.874. The minimum Gasteiger partial charge on any atom is -0.477 e. The fourth-order valence-electron chi connectivity index (χ4n) is 3.71. The fourth-order valence-corrected chi connectivity index (χ4v) is 3.71. The number of aromatic nitrogens is 1. The van der Waals surface area contributed by atoms with Gasteiger partial charge in [0.05, 0.1) is 17.2 Å². The van der Waals surface area contributed by atoms with Gasteiger partial charge in [-0.05, 0) is 37.6 Å². The Balaban J connectivity index is 1.72. The summed E-state index contributed by atoms with van der Waals surface area (Å²) >= 11 is 0. The molecule has 0 spiro atoms. The van der Waals surface area contributed by atoms with E-state index in [0.29, 0.717) is 43.3 Å². The minimum atomic E-state index is -1.32. The Labute approximate surface area is 160 Å². The standard InChI is InChI=1S/C20H20FN3O4/c1-2-23-11-14(20(26)27)19(25)13-8-15(21)17(9-16(13)23)24-6-5-12(10-24)22-18-4-3-7-28-18/h3-4,8-9,11-12H,2,5-7,10H2,1H3,(H,26,27). The van der Waals surface area contributed by atoms with Gasteiger partial charge in [0, 0.05) is 31.2 Å². The van der Waals surface area contributed by atoms with Crippen molar-refractivity contribution in [2.75, 3.05) is 24.6 Å². The third kappa shape index (κ3) is 3.15. The molecule has 8 heteroatoms. The first-order chi connectivity index (χ1) is 13.5. The zero-order chi connectivity index (χ0) is 19.8. The number of anilines is 1. The van der Waals surface area contributed by atoms with Crippen LogP contribution in [0.15, 0.2) is 40.3 Å². The molecule has 1 unspecified atom stereocenters. The number of fused-ring (bicyclic) bond motifs is 1. The summed E-state index contributed by atoms with van der Waals surface area (Å²) in [4.78, 5) is 30.2.